The first-order chi connectivity index (χ1) is 16.1. The van der Waals surface area contributed by atoms with Crippen LogP contribution < -0.4 is 4.74 Å². The molecule has 0 unspecified atom stereocenters. The summed E-state index contributed by atoms with van der Waals surface area (Å²) in [6.45, 7) is 1.77. The maximum atomic E-state index is 13.4. The van der Waals surface area contributed by atoms with Crippen molar-refractivity contribution in [1.29, 1.82) is 0 Å². The summed E-state index contributed by atoms with van der Waals surface area (Å²) < 4.78 is 46.3. The van der Waals surface area contributed by atoms with Gasteiger partial charge in [0.2, 0.25) is 0 Å². The molecule has 4 aromatic carbocycles. The number of aryl methyl sites for hydroxylation is 1. The van der Waals surface area contributed by atoms with E-state index < -0.39 is 17.7 Å². The molecular formula is C27H19F3O4. The molecule has 0 atom stereocenters. The maximum Gasteiger partial charge on any atom is 0.416 e. The highest BCUT2D eigenvalue weighted by atomic mass is 19.4. The first-order valence-corrected chi connectivity index (χ1v) is 10.2. The second-order valence-electron chi connectivity index (χ2n) is 7.72. The summed E-state index contributed by atoms with van der Waals surface area (Å²) in [6.07, 6.45) is -2.04. The van der Waals surface area contributed by atoms with E-state index in [1.165, 1.54) is 18.2 Å². The van der Waals surface area contributed by atoms with Gasteiger partial charge in [0.05, 0.1) is 5.56 Å². The van der Waals surface area contributed by atoms with Gasteiger partial charge >= 0.3 is 12.1 Å². The highest BCUT2D eigenvalue weighted by Crippen LogP contribution is 2.44. The average molecular weight is 464 g/mol. The lowest BCUT2D eigenvalue weighted by Crippen LogP contribution is -2.04. The van der Waals surface area contributed by atoms with Crippen molar-refractivity contribution in [1.82, 2.24) is 0 Å². The summed E-state index contributed by atoms with van der Waals surface area (Å²) in [5.74, 6) is -0.247. The van der Waals surface area contributed by atoms with Crippen molar-refractivity contribution in [2.45, 2.75) is 13.1 Å². The van der Waals surface area contributed by atoms with E-state index in [9.17, 15) is 23.1 Å². The number of aliphatic carboxylic acids is 1. The summed E-state index contributed by atoms with van der Waals surface area (Å²) in [7, 11) is 0. The second-order valence-corrected chi connectivity index (χ2v) is 7.72. The number of ether oxygens (including phenoxy) is 1. The molecule has 0 spiro atoms. The van der Waals surface area contributed by atoms with Gasteiger partial charge in [-0.1, -0.05) is 30.3 Å². The van der Waals surface area contributed by atoms with E-state index >= 15 is 0 Å². The third-order valence-electron chi connectivity index (χ3n) is 5.27. The number of carbonyl (C=O) groups is 1. The van der Waals surface area contributed by atoms with Crippen LogP contribution in [-0.2, 0) is 11.0 Å². The lowest BCUT2D eigenvalue weighted by atomic mass is 9.93. The van der Waals surface area contributed by atoms with Gasteiger partial charge in [0.25, 0.3) is 0 Å². The topological polar surface area (TPSA) is 66.8 Å². The van der Waals surface area contributed by atoms with Crippen molar-refractivity contribution >= 4 is 22.8 Å². The minimum absolute atomic E-state index is 0.0549. The fourth-order valence-electron chi connectivity index (χ4n) is 3.74. The van der Waals surface area contributed by atoms with Gasteiger partial charge in [0, 0.05) is 17.0 Å². The Hall–Kier alpha value is -4.26. The molecule has 4 rings (SSSR count). The second kappa shape index (κ2) is 8.94. The van der Waals surface area contributed by atoms with Gasteiger partial charge in [-0.3, -0.25) is 0 Å². The smallest absolute Gasteiger partial charge is 0.416 e. The highest BCUT2D eigenvalue weighted by molar-refractivity contribution is 5.97. The normalized spacial score (nSPS) is 11.8. The van der Waals surface area contributed by atoms with E-state index in [-0.39, 0.29) is 5.75 Å². The van der Waals surface area contributed by atoms with Gasteiger partial charge in [0.1, 0.15) is 17.2 Å². The summed E-state index contributed by atoms with van der Waals surface area (Å²) in [6, 6.07) is 18.2. The number of rotatable bonds is 5. The quantitative estimate of drug-likeness (QED) is 0.302. The third-order valence-corrected chi connectivity index (χ3v) is 5.27. The first-order valence-electron chi connectivity index (χ1n) is 10.2. The zero-order valence-corrected chi connectivity index (χ0v) is 17.9. The maximum absolute atomic E-state index is 13.4. The van der Waals surface area contributed by atoms with Crippen LogP contribution in [0.3, 0.4) is 0 Å². The number of alkyl halides is 3. The number of fused-ring (bicyclic) bond motifs is 1. The van der Waals surface area contributed by atoms with Gasteiger partial charge in [-0.15, -0.1) is 0 Å². The average Bonchev–Trinajstić information content (AvgIpc) is 2.78. The largest absolute Gasteiger partial charge is 0.508 e. The Kier molecular flexibility index (Phi) is 6.03. The number of aromatic hydroxyl groups is 1. The molecule has 34 heavy (non-hydrogen) atoms. The molecule has 0 aliphatic heterocycles. The SMILES string of the molecule is Cc1cc2cc(O)ccc2c(Oc2ccc(C=CC(=O)O)cc2)c1-c1cccc(C(F)(F)F)c1. The Morgan fingerprint density at radius 2 is 1.71 bits per heavy atom. The molecule has 7 heteroatoms. The molecule has 4 nitrogen and oxygen atoms in total. The van der Waals surface area contributed by atoms with E-state index in [2.05, 4.69) is 0 Å². The molecule has 0 fully saturated rings. The van der Waals surface area contributed by atoms with E-state index in [1.807, 2.05) is 0 Å². The van der Waals surface area contributed by atoms with Crippen LogP contribution in [0.25, 0.3) is 28.0 Å². The van der Waals surface area contributed by atoms with E-state index in [0.29, 0.717) is 44.5 Å². The van der Waals surface area contributed by atoms with Crippen molar-refractivity contribution in [2.24, 2.45) is 0 Å². The molecule has 4 aromatic rings. The molecule has 0 amide bonds. The molecule has 0 heterocycles. The number of carboxylic acid groups (broad SMARTS) is 1. The van der Waals surface area contributed by atoms with Crippen LogP contribution in [-0.4, -0.2) is 16.2 Å². The van der Waals surface area contributed by atoms with Crippen molar-refractivity contribution in [3.8, 4) is 28.4 Å². The number of hydrogen-bond acceptors (Lipinski definition) is 3. The van der Waals surface area contributed by atoms with Crippen molar-refractivity contribution in [3.05, 3.63) is 95.6 Å². The molecule has 0 radical (unpaired) electrons. The number of benzene rings is 4. The molecule has 0 saturated heterocycles. The van der Waals surface area contributed by atoms with Crippen molar-refractivity contribution in [3.63, 3.8) is 0 Å². The first kappa shape index (κ1) is 22.9. The number of hydrogen-bond donors (Lipinski definition) is 2. The lowest BCUT2D eigenvalue weighted by Gasteiger charge is -2.18. The van der Waals surface area contributed by atoms with Crippen LogP contribution in [0.15, 0.2) is 78.9 Å². The third kappa shape index (κ3) is 4.88. The Labute approximate surface area is 193 Å². The summed E-state index contributed by atoms with van der Waals surface area (Å²) in [5, 5.41) is 20.0. The minimum Gasteiger partial charge on any atom is -0.508 e. The molecule has 0 saturated carbocycles. The molecule has 0 aliphatic rings. The lowest BCUT2D eigenvalue weighted by molar-refractivity contribution is -0.137. The zero-order valence-electron chi connectivity index (χ0n) is 17.9. The Morgan fingerprint density at radius 1 is 0.971 bits per heavy atom. The van der Waals surface area contributed by atoms with Crippen LogP contribution in [0, 0.1) is 6.92 Å². The Morgan fingerprint density at radius 3 is 2.38 bits per heavy atom. The summed E-state index contributed by atoms with van der Waals surface area (Å²) in [4.78, 5) is 10.7. The molecule has 0 aliphatic carbocycles. The fraction of sp³-hybridized carbons (Fsp3) is 0.0741. The van der Waals surface area contributed by atoms with Crippen LogP contribution in [0.4, 0.5) is 13.2 Å². The highest BCUT2D eigenvalue weighted by Gasteiger charge is 2.31. The van der Waals surface area contributed by atoms with Crippen LogP contribution in [0.1, 0.15) is 16.7 Å². The van der Waals surface area contributed by atoms with Crippen molar-refractivity contribution < 1.29 is 32.9 Å². The van der Waals surface area contributed by atoms with Gasteiger partial charge in [0.15, 0.2) is 0 Å². The summed E-state index contributed by atoms with van der Waals surface area (Å²) >= 11 is 0. The standard InChI is InChI=1S/C27H19F3O4/c1-16-13-19-15-21(31)8-11-23(19)26(25(16)18-3-2-4-20(14-18)27(28,29)30)34-22-9-5-17(6-10-22)7-12-24(32)33/h2-15,31H,1H3,(H,32,33). The zero-order chi connectivity index (χ0) is 24.5. The molecule has 0 aromatic heterocycles. The molecule has 172 valence electrons. The molecule has 2 N–H and O–H groups in total. The van der Waals surface area contributed by atoms with Gasteiger partial charge in [-0.05, 0) is 77.5 Å². The van der Waals surface area contributed by atoms with E-state index in [4.69, 9.17) is 9.84 Å². The van der Waals surface area contributed by atoms with Gasteiger partial charge in [-0.2, -0.15) is 13.2 Å². The Balaban J connectivity index is 1.87. The predicted molar refractivity (Wildman–Crippen MR) is 124 cm³/mol. The Bertz CT molecular complexity index is 1400. The minimum atomic E-state index is -4.49. The van der Waals surface area contributed by atoms with Crippen LogP contribution in [0.2, 0.25) is 0 Å². The molecular weight excluding hydrogens is 445 g/mol. The monoisotopic (exact) mass is 464 g/mol. The molecule has 0 bridgehead atoms. The van der Waals surface area contributed by atoms with E-state index in [0.717, 1.165) is 18.2 Å². The van der Waals surface area contributed by atoms with Gasteiger partial charge < -0.3 is 14.9 Å². The number of phenols is 1. The van der Waals surface area contributed by atoms with Crippen molar-refractivity contribution in [2.75, 3.05) is 0 Å². The van der Waals surface area contributed by atoms with Crippen LogP contribution in [0.5, 0.6) is 17.2 Å². The summed E-state index contributed by atoms with van der Waals surface area (Å²) in [5.41, 5.74) is 1.40. The number of carboxylic acids is 1. The predicted octanol–water partition coefficient (Wildman–Crippen LogP) is 7.43. The van der Waals surface area contributed by atoms with Crippen LogP contribution >= 0.6 is 0 Å². The van der Waals surface area contributed by atoms with Gasteiger partial charge in [-0.25, -0.2) is 4.79 Å². The fourth-order valence-corrected chi connectivity index (χ4v) is 3.74. The van der Waals surface area contributed by atoms with E-state index in [1.54, 1.807) is 55.5 Å². The number of phenolic OH excluding ortho intramolecular Hbond substituents is 1. The number of halogens is 3.